The first kappa shape index (κ1) is 14.4. The van der Waals surface area contributed by atoms with Gasteiger partial charge in [-0.15, -0.1) is 11.6 Å². The first-order valence-corrected chi connectivity index (χ1v) is 7.49. The Balaban J connectivity index is 2.20. The summed E-state index contributed by atoms with van der Waals surface area (Å²) in [4.78, 5) is 4.47. The lowest BCUT2D eigenvalue weighted by Crippen LogP contribution is -2.10. The molecule has 0 saturated heterocycles. The Hall–Kier alpha value is -1.58. The number of imidazole rings is 1. The predicted molar refractivity (Wildman–Crippen MR) is 84.5 cm³/mol. The molecule has 1 atom stereocenters. The van der Waals surface area contributed by atoms with Gasteiger partial charge < -0.3 is 4.57 Å². The Labute approximate surface area is 132 Å². The van der Waals surface area contributed by atoms with Gasteiger partial charge in [-0.05, 0) is 42.8 Å². The van der Waals surface area contributed by atoms with Crippen LogP contribution in [-0.4, -0.2) is 9.55 Å². The van der Waals surface area contributed by atoms with E-state index in [-0.39, 0.29) is 17.7 Å². The standard InChI is InChI=1S/C16H13Cl2FN2/c1-10(11-3-2-4-12(18)7-11)21-15-8-13(19)5-6-14(15)20-16(21)9-17/h2-8,10H,9H2,1H3. The highest BCUT2D eigenvalue weighted by molar-refractivity contribution is 6.30. The maximum Gasteiger partial charge on any atom is 0.125 e. The Kier molecular flexibility index (Phi) is 3.87. The summed E-state index contributed by atoms with van der Waals surface area (Å²) >= 11 is 12.1. The molecule has 0 saturated carbocycles. The molecule has 3 aromatic rings. The first-order valence-electron chi connectivity index (χ1n) is 6.58. The maximum atomic E-state index is 13.6. The Bertz CT molecular complexity index is 798. The normalized spacial score (nSPS) is 12.8. The van der Waals surface area contributed by atoms with E-state index in [9.17, 15) is 4.39 Å². The zero-order valence-corrected chi connectivity index (χ0v) is 12.9. The van der Waals surface area contributed by atoms with Crippen LogP contribution in [0.15, 0.2) is 42.5 Å². The van der Waals surface area contributed by atoms with Gasteiger partial charge in [0, 0.05) is 5.02 Å². The largest absolute Gasteiger partial charge is 0.320 e. The lowest BCUT2D eigenvalue weighted by Gasteiger charge is -2.17. The second-order valence-electron chi connectivity index (χ2n) is 4.90. The highest BCUT2D eigenvalue weighted by atomic mass is 35.5. The summed E-state index contributed by atoms with van der Waals surface area (Å²) in [5, 5.41) is 0.669. The van der Waals surface area contributed by atoms with Crippen molar-refractivity contribution in [2.75, 3.05) is 0 Å². The van der Waals surface area contributed by atoms with Gasteiger partial charge in [-0.2, -0.15) is 0 Å². The van der Waals surface area contributed by atoms with Gasteiger partial charge in [0.1, 0.15) is 11.6 Å². The van der Waals surface area contributed by atoms with Crippen LogP contribution < -0.4 is 0 Å². The average Bonchev–Trinajstić information content (AvgIpc) is 2.84. The molecule has 1 aromatic heterocycles. The Morgan fingerprint density at radius 1 is 1.24 bits per heavy atom. The molecule has 0 radical (unpaired) electrons. The number of benzene rings is 2. The number of halogens is 3. The smallest absolute Gasteiger partial charge is 0.125 e. The molecule has 1 unspecified atom stereocenters. The summed E-state index contributed by atoms with van der Waals surface area (Å²) in [6.45, 7) is 2.02. The highest BCUT2D eigenvalue weighted by Gasteiger charge is 2.17. The Morgan fingerprint density at radius 2 is 2.05 bits per heavy atom. The minimum Gasteiger partial charge on any atom is -0.320 e. The van der Waals surface area contributed by atoms with E-state index >= 15 is 0 Å². The number of hydrogen-bond donors (Lipinski definition) is 0. The van der Waals surface area contributed by atoms with E-state index in [1.807, 2.05) is 35.8 Å². The summed E-state index contributed by atoms with van der Waals surface area (Å²) in [6.07, 6.45) is 0. The van der Waals surface area contributed by atoms with E-state index in [0.29, 0.717) is 10.8 Å². The van der Waals surface area contributed by atoms with Gasteiger partial charge in [0.2, 0.25) is 0 Å². The van der Waals surface area contributed by atoms with Gasteiger partial charge in [0.05, 0.1) is 23.0 Å². The first-order chi connectivity index (χ1) is 10.1. The molecule has 108 valence electrons. The number of nitrogens with zero attached hydrogens (tertiary/aromatic N) is 2. The van der Waals surface area contributed by atoms with E-state index in [1.54, 1.807) is 6.07 Å². The van der Waals surface area contributed by atoms with Gasteiger partial charge in [-0.3, -0.25) is 0 Å². The fourth-order valence-electron chi connectivity index (χ4n) is 2.56. The van der Waals surface area contributed by atoms with Gasteiger partial charge in [-0.1, -0.05) is 23.7 Å². The predicted octanol–water partition coefficient (Wildman–Crippen LogP) is 5.18. The van der Waals surface area contributed by atoms with Crippen molar-refractivity contribution in [1.82, 2.24) is 9.55 Å². The van der Waals surface area contributed by atoms with Gasteiger partial charge >= 0.3 is 0 Å². The van der Waals surface area contributed by atoms with E-state index < -0.39 is 0 Å². The number of aromatic nitrogens is 2. The number of alkyl halides is 1. The minimum atomic E-state index is -0.289. The third-order valence-electron chi connectivity index (χ3n) is 3.56. The zero-order chi connectivity index (χ0) is 15.0. The second-order valence-corrected chi connectivity index (χ2v) is 5.60. The quantitative estimate of drug-likeness (QED) is 0.608. The van der Waals surface area contributed by atoms with E-state index in [0.717, 1.165) is 16.6 Å². The minimum absolute atomic E-state index is 0.0377. The fraction of sp³-hybridized carbons (Fsp3) is 0.188. The van der Waals surface area contributed by atoms with Gasteiger partial charge in [0.25, 0.3) is 0 Å². The topological polar surface area (TPSA) is 17.8 Å². The molecular weight excluding hydrogens is 310 g/mol. The van der Waals surface area contributed by atoms with Crippen LogP contribution in [0.25, 0.3) is 11.0 Å². The van der Waals surface area contributed by atoms with Crippen molar-refractivity contribution in [1.29, 1.82) is 0 Å². The van der Waals surface area contributed by atoms with Gasteiger partial charge in [-0.25, -0.2) is 9.37 Å². The van der Waals surface area contributed by atoms with Crippen molar-refractivity contribution in [3.63, 3.8) is 0 Å². The summed E-state index contributed by atoms with van der Waals surface area (Å²) in [5.41, 5.74) is 2.50. The molecule has 2 aromatic carbocycles. The molecule has 0 spiro atoms. The van der Waals surface area contributed by atoms with Crippen LogP contribution in [0, 0.1) is 5.82 Å². The van der Waals surface area contributed by atoms with E-state index in [1.165, 1.54) is 12.1 Å². The van der Waals surface area contributed by atoms with Crippen LogP contribution in [0.1, 0.15) is 24.4 Å². The molecule has 0 N–H and O–H groups in total. The van der Waals surface area contributed by atoms with Crippen LogP contribution in [0.5, 0.6) is 0 Å². The summed E-state index contributed by atoms with van der Waals surface area (Å²) in [6, 6.07) is 12.1. The van der Waals surface area contributed by atoms with E-state index in [4.69, 9.17) is 23.2 Å². The highest BCUT2D eigenvalue weighted by Crippen LogP contribution is 2.28. The van der Waals surface area contributed by atoms with Gasteiger partial charge in [0.15, 0.2) is 0 Å². The monoisotopic (exact) mass is 322 g/mol. The summed E-state index contributed by atoms with van der Waals surface area (Å²) in [5.74, 6) is 0.689. The lowest BCUT2D eigenvalue weighted by atomic mass is 10.1. The summed E-state index contributed by atoms with van der Waals surface area (Å²) in [7, 11) is 0. The van der Waals surface area contributed by atoms with Crippen molar-refractivity contribution in [2.45, 2.75) is 18.8 Å². The number of fused-ring (bicyclic) bond motifs is 1. The fourth-order valence-corrected chi connectivity index (χ4v) is 2.95. The van der Waals surface area contributed by atoms with Crippen LogP contribution in [-0.2, 0) is 5.88 Å². The SMILES string of the molecule is CC(c1cccc(Cl)c1)n1c(CCl)nc2ccc(F)cc21. The second kappa shape index (κ2) is 5.66. The number of hydrogen-bond acceptors (Lipinski definition) is 1. The molecule has 0 aliphatic carbocycles. The van der Waals surface area contributed by atoms with Crippen molar-refractivity contribution >= 4 is 34.2 Å². The third kappa shape index (κ3) is 2.63. The lowest BCUT2D eigenvalue weighted by molar-refractivity contribution is 0.618. The Morgan fingerprint density at radius 3 is 2.76 bits per heavy atom. The van der Waals surface area contributed by atoms with Crippen LogP contribution in [0.4, 0.5) is 4.39 Å². The van der Waals surface area contributed by atoms with Crippen molar-refractivity contribution in [2.24, 2.45) is 0 Å². The van der Waals surface area contributed by atoms with Crippen LogP contribution in [0.3, 0.4) is 0 Å². The maximum absolute atomic E-state index is 13.6. The molecule has 0 aliphatic rings. The van der Waals surface area contributed by atoms with Crippen molar-refractivity contribution < 1.29 is 4.39 Å². The third-order valence-corrected chi connectivity index (χ3v) is 4.04. The molecule has 21 heavy (non-hydrogen) atoms. The molecule has 0 aliphatic heterocycles. The van der Waals surface area contributed by atoms with Crippen LogP contribution >= 0.6 is 23.2 Å². The van der Waals surface area contributed by atoms with Crippen molar-refractivity contribution in [3.8, 4) is 0 Å². The molecule has 0 amide bonds. The van der Waals surface area contributed by atoms with E-state index in [2.05, 4.69) is 4.98 Å². The molecule has 2 nitrogen and oxygen atoms in total. The molecule has 0 bridgehead atoms. The summed E-state index contributed by atoms with van der Waals surface area (Å²) < 4.78 is 15.5. The van der Waals surface area contributed by atoms with Crippen molar-refractivity contribution in [3.05, 3.63) is 64.7 Å². The number of rotatable bonds is 3. The molecule has 5 heteroatoms. The average molecular weight is 323 g/mol. The molecule has 0 fully saturated rings. The van der Waals surface area contributed by atoms with Crippen LogP contribution in [0.2, 0.25) is 5.02 Å². The molecular formula is C16H13Cl2FN2. The molecule has 3 rings (SSSR count). The molecule has 1 heterocycles. The zero-order valence-electron chi connectivity index (χ0n) is 11.4.